The highest BCUT2D eigenvalue weighted by Gasteiger charge is 2.22. The van der Waals surface area contributed by atoms with Crippen molar-refractivity contribution in [1.29, 1.82) is 0 Å². The van der Waals surface area contributed by atoms with Crippen LogP contribution < -0.4 is 27.2 Å². The van der Waals surface area contributed by atoms with E-state index in [2.05, 4.69) is 31.4 Å². The molecule has 9 heteroatoms. The quantitative estimate of drug-likeness (QED) is 0.354. The largest absolute Gasteiger partial charge is 0.412 e. The van der Waals surface area contributed by atoms with Crippen molar-refractivity contribution in [3.8, 4) is 0 Å². The number of nitrogens with zero attached hydrogens (tertiary/aromatic N) is 2. The Morgan fingerprint density at radius 3 is 2.35 bits per heavy atom. The Labute approximate surface area is 188 Å². The number of nitrogens with one attached hydrogen (secondary N) is 4. The van der Waals surface area contributed by atoms with Crippen molar-refractivity contribution in [1.82, 2.24) is 31.4 Å². The van der Waals surface area contributed by atoms with Gasteiger partial charge in [-0.25, -0.2) is 0 Å². The van der Waals surface area contributed by atoms with Crippen LogP contribution in [0.2, 0.25) is 0 Å². The van der Waals surface area contributed by atoms with E-state index in [9.17, 15) is 5.21 Å². The standard InChI is InChI=1S/C17H27N7O.2C2H6.CH4.H2O/c18-13-3-1-12(2-4-13)9-22-17-15(24-25)5-6-16(23-17)21-11-14-10-19-7-8-20-14;2*1-2;;/h5-8,10,12-13,17,21-25H,1-4,9,11,18H2;2*1-2H3;1H4;1H2. The van der Waals surface area contributed by atoms with Crippen LogP contribution in [0, 0.1) is 5.92 Å². The first kappa shape index (κ1) is 31.0. The molecule has 1 aromatic heterocycles. The van der Waals surface area contributed by atoms with Gasteiger partial charge in [-0.2, -0.15) is 0 Å². The molecule has 31 heavy (non-hydrogen) atoms. The van der Waals surface area contributed by atoms with Gasteiger partial charge in [0.15, 0.2) is 0 Å². The first-order chi connectivity index (χ1) is 14.2. The molecule has 0 radical (unpaired) electrons. The van der Waals surface area contributed by atoms with Crippen LogP contribution in [0.1, 0.15) is 66.5 Å². The van der Waals surface area contributed by atoms with Gasteiger partial charge in [-0.05, 0) is 43.8 Å². The van der Waals surface area contributed by atoms with E-state index in [1.165, 1.54) is 0 Å². The summed E-state index contributed by atoms with van der Waals surface area (Å²) in [5.41, 5.74) is 9.79. The van der Waals surface area contributed by atoms with Crippen molar-refractivity contribution < 1.29 is 10.7 Å². The molecule has 1 saturated carbocycles. The number of hydroxylamine groups is 1. The minimum atomic E-state index is -0.171. The zero-order chi connectivity index (χ0) is 21.5. The van der Waals surface area contributed by atoms with Crippen LogP contribution in [-0.2, 0) is 6.54 Å². The lowest BCUT2D eigenvalue weighted by Gasteiger charge is -2.31. The fraction of sp³-hybridized carbons (Fsp3) is 0.636. The molecular weight excluding hydrogens is 394 g/mol. The molecule has 1 unspecified atom stereocenters. The third kappa shape index (κ3) is 11.1. The van der Waals surface area contributed by atoms with E-state index in [1.807, 2.05) is 39.8 Å². The molecule has 9 N–H and O–H groups in total. The zero-order valence-electron chi connectivity index (χ0n) is 18.8. The fourth-order valence-corrected chi connectivity index (χ4v) is 3.21. The normalized spacial score (nSPS) is 21.5. The lowest BCUT2D eigenvalue weighted by Crippen LogP contribution is -2.51. The summed E-state index contributed by atoms with van der Waals surface area (Å²) in [5.74, 6) is 1.50. The van der Waals surface area contributed by atoms with Crippen LogP contribution >= 0.6 is 0 Å². The van der Waals surface area contributed by atoms with Gasteiger partial charge >= 0.3 is 0 Å². The second-order valence-corrected chi connectivity index (χ2v) is 6.63. The Balaban J connectivity index is 0. The molecule has 1 aliphatic heterocycles. The number of aromatic nitrogens is 2. The van der Waals surface area contributed by atoms with E-state index < -0.39 is 0 Å². The van der Waals surface area contributed by atoms with Gasteiger partial charge < -0.3 is 21.8 Å². The number of dihydropyridines is 1. The Kier molecular flexibility index (Phi) is 18.6. The molecule has 2 heterocycles. The summed E-state index contributed by atoms with van der Waals surface area (Å²) in [7, 11) is 0. The summed E-state index contributed by atoms with van der Waals surface area (Å²) in [6.45, 7) is 9.47. The van der Waals surface area contributed by atoms with Crippen LogP contribution in [0.5, 0.6) is 0 Å². The summed E-state index contributed by atoms with van der Waals surface area (Å²) < 4.78 is 0. The van der Waals surface area contributed by atoms with Crippen molar-refractivity contribution in [2.24, 2.45) is 11.7 Å². The van der Waals surface area contributed by atoms with Crippen molar-refractivity contribution in [2.45, 2.75) is 79.6 Å². The van der Waals surface area contributed by atoms with E-state index in [4.69, 9.17) is 5.73 Å². The first-order valence-corrected chi connectivity index (χ1v) is 10.8. The maximum absolute atomic E-state index is 9.34. The van der Waals surface area contributed by atoms with Gasteiger partial charge in [-0.1, -0.05) is 35.1 Å². The number of allylic oxidation sites excluding steroid dienone is 2. The molecule has 1 atom stereocenters. The number of hydrogen-bond acceptors (Lipinski definition) is 8. The molecule has 1 aliphatic carbocycles. The molecule has 180 valence electrons. The molecule has 3 rings (SSSR count). The van der Waals surface area contributed by atoms with Gasteiger partial charge in [0, 0.05) is 25.0 Å². The maximum atomic E-state index is 9.34. The fourth-order valence-electron chi connectivity index (χ4n) is 3.21. The second-order valence-electron chi connectivity index (χ2n) is 6.63. The Hall–Kier alpha value is -2.20. The SMILES string of the molecule is C.CC.CC.NC1CCC(CNC2NC(NCc3cnccn3)=CC=C2NO)CC1.O. The molecule has 1 aromatic rings. The lowest BCUT2D eigenvalue weighted by molar-refractivity contribution is 0.182. The Bertz CT molecular complexity index is 603. The van der Waals surface area contributed by atoms with E-state index in [1.54, 1.807) is 18.6 Å². The van der Waals surface area contributed by atoms with E-state index >= 15 is 0 Å². The highest BCUT2D eigenvalue weighted by Crippen LogP contribution is 2.22. The smallest absolute Gasteiger partial charge is 0.121 e. The second kappa shape index (κ2) is 18.6. The minimum Gasteiger partial charge on any atom is -0.412 e. The molecule has 9 nitrogen and oxygen atoms in total. The van der Waals surface area contributed by atoms with Crippen molar-refractivity contribution in [3.63, 3.8) is 0 Å². The van der Waals surface area contributed by atoms with Crippen LogP contribution in [0.15, 0.2) is 42.3 Å². The maximum Gasteiger partial charge on any atom is 0.121 e. The van der Waals surface area contributed by atoms with Crippen molar-refractivity contribution in [3.05, 3.63) is 48.0 Å². The van der Waals surface area contributed by atoms with Gasteiger partial charge in [0.2, 0.25) is 0 Å². The van der Waals surface area contributed by atoms with Crippen LogP contribution in [0.3, 0.4) is 0 Å². The summed E-state index contributed by atoms with van der Waals surface area (Å²) in [5, 5.41) is 19.5. The molecule has 0 aromatic carbocycles. The number of rotatable bonds is 7. The summed E-state index contributed by atoms with van der Waals surface area (Å²) in [4.78, 5) is 8.30. The Morgan fingerprint density at radius 1 is 1.10 bits per heavy atom. The summed E-state index contributed by atoms with van der Waals surface area (Å²) >= 11 is 0. The third-order valence-corrected chi connectivity index (χ3v) is 4.75. The van der Waals surface area contributed by atoms with E-state index in [0.717, 1.165) is 43.7 Å². The van der Waals surface area contributed by atoms with E-state index in [0.29, 0.717) is 24.2 Å². The number of nitrogens with two attached hydrogens (primary N) is 1. The molecule has 0 saturated heterocycles. The number of hydrogen-bond donors (Lipinski definition) is 6. The average Bonchev–Trinajstić information content (AvgIpc) is 2.80. The predicted molar refractivity (Wildman–Crippen MR) is 128 cm³/mol. The summed E-state index contributed by atoms with van der Waals surface area (Å²) in [6.07, 6.45) is 13.1. The van der Waals surface area contributed by atoms with Crippen LogP contribution in [0.25, 0.3) is 0 Å². The van der Waals surface area contributed by atoms with Crippen molar-refractivity contribution >= 4 is 0 Å². The van der Waals surface area contributed by atoms with Crippen LogP contribution in [0.4, 0.5) is 0 Å². The molecular formula is C22H45N7O2. The van der Waals surface area contributed by atoms with Gasteiger partial charge in [0.1, 0.15) is 12.0 Å². The highest BCUT2D eigenvalue weighted by atomic mass is 16.5. The lowest BCUT2D eigenvalue weighted by atomic mass is 9.86. The zero-order valence-corrected chi connectivity index (χ0v) is 18.8. The molecule has 0 bridgehead atoms. The monoisotopic (exact) mass is 439 g/mol. The third-order valence-electron chi connectivity index (χ3n) is 4.75. The first-order valence-electron chi connectivity index (χ1n) is 10.8. The topological polar surface area (TPSA) is 152 Å². The van der Waals surface area contributed by atoms with Gasteiger partial charge in [-0.15, -0.1) is 0 Å². The molecule has 2 aliphatic rings. The van der Waals surface area contributed by atoms with Gasteiger partial charge in [-0.3, -0.25) is 26.0 Å². The Morgan fingerprint density at radius 2 is 1.77 bits per heavy atom. The average molecular weight is 440 g/mol. The highest BCUT2D eigenvalue weighted by molar-refractivity contribution is 5.25. The van der Waals surface area contributed by atoms with Crippen molar-refractivity contribution in [2.75, 3.05) is 6.54 Å². The predicted octanol–water partition coefficient (Wildman–Crippen LogP) is 2.17. The molecule has 0 amide bonds. The van der Waals surface area contributed by atoms with Crippen LogP contribution in [-0.4, -0.2) is 39.4 Å². The molecule has 0 spiro atoms. The van der Waals surface area contributed by atoms with Gasteiger partial charge in [0.05, 0.1) is 24.1 Å². The summed E-state index contributed by atoms with van der Waals surface area (Å²) in [6, 6.07) is 0.360. The van der Waals surface area contributed by atoms with E-state index in [-0.39, 0.29) is 19.1 Å². The minimum absolute atomic E-state index is 0. The molecule has 1 fully saturated rings. The van der Waals surface area contributed by atoms with Gasteiger partial charge in [0.25, 0.3) is 0 Å².